The number of rotatable bonds is 5. The molecule has 1 N–H and O–H groups in total. The van der Waals surface area contributed by atoms with Crippen molar-refractivity contribution >= 4 is 11.3 Å². The lowest BCUT2D eigenvalue weighted by Crippen LogP contribution is -2.32. The van der Waals surface area contributed by atoms with Crippen LogP contribution < -0.4 is 24.3 Å². The van der Waals surface area contributed by atoms with E-state index >= 15 is 0 Å². The Bertz CT molecular complexity index is 1280. The predicted octanol–water partition coefficient (Wildman–Crippen LogP) is 6.46. The average molecular weight is 462 g/mol. The predicted molar refractivity (Wildman–Crippen MR) is 132 cm³/mol. The minimum atomic E-state index is -0.341. The van der Waals surface area contributed by atoms with Crippen LogP contribution in [0.4, 0.5) is 10.1 Å². The molecule has 34 heavy (non-hydrogen) atoms. The van der Waals surface area contributed by atoms with Gasteiger partial charge >= 0.3 is 0 Å². The molecule has 5 rings (SSSR count). The summed E-state index contributed by atoms with van der Waals surface area (Å²) in [6.45, 7) is 7.76. The Labute approximate surface area is 199 Å². The molecule has 5 nitrogen and oxygen atoms in total. The Morgan fingerprint density at radius 1 is 0.971 bits per heavy atom. The normalized spacial score (nSPS) is 15.6. The Morgan fingerprint density at radius 2 is 1.74 bits per heavy atom. The summed E-state index contributed by atoms with van der Waals surface area (Å²) in [6, 6.07) is 14.3. The van der Waals surface area contributed by atoms with E-state index in [9.17, 15) is 4.39 Å². The monoisotopic (exact) mass is 461 g/mol. The number of methoxy groups -OCH3 is 1. The molecule has 0 bridgehead atoms. The van der Waals surface area contributed by atoms with Gasteiger partial charge in [-0.1, -0.05) is 12.1 Å². The van der Waals surface area contributed by atoms with Crippen molar-refractivity contribution in [3.05, 3.63) is 71.6 Å². The van der Waals surface area contributed by atoms with E-state index in [4.69, 9.17) is 18.9 Å². The van der Waals surface area contributed by atoms with E-state index in [2.05, 4.69) is 38.2 Å². The van der Waals surface area contributed by atoms with Crippen molar-refractivity contribution in [2.75, 3.05) is 25.6 Å². The van der Waals surface area contributed by atoms with Gasteiger partial charge in [-0.3, -0.25) is 0 Å². The van der Waals surface area contributed by atoms with Crippen LogP contribution in [0.15, 0.2) is 54.6 Å². The number of allylic oxidation sites excluding steroid dienone is 1. The van der Waals surface area contributed by atoms with Crippen LogP contribution in [0.5, 0.6) is 23.0 Å². The number of halogens is 1. The van der Waals surface area contributed by atoms with Crippen molar-refractivity contribution < 1.29 is 23.3 Å². The lowest BCUT2D eigenvalue weighted by Gasteiger charge is -2.33. The average Bonchev–Trinajstić information content (AvgIpc) is 2.81. The summed E-state index contributed by atoms with van der Waals surface area (Å²) >= 11 is 0. The van der Waals surface area contributed by atoms with Gasteiger partial charge < -0.3 is 24.3 Å². The second-order valence-electron chi connectivity index (χ2n) is 9.13. The molecule has 2 aliphatic heterocycles. The quantitative estimate of drug-likeness (QED) is 0.473. The summed E-state index contributed by atoms with van der Waals surface area (Å²) in [5.74, 6) is 2.22. The molecule has 0 radical (unpaired) electrons. The molecule has 2 aliphatic rings. The van der Waals surface area contributed by atoms with Crippen molar-refractivity contribution in [3.63, 3.8) is 0 Å². The maximum absolute atomic E-state index is 13.9. The molecule has 0 fully saturated rings. The largest absolute Gasteiger partial charge is 0.496 e. The van der Waals surface area contributed by atoms with E-state index in [0.29, 0.717) is 37.1 Å². The van der Waals surface area contributed by atoms with Crippen LogP contribution in [0, 0.1) is 5.82 Å². The van der Waals surface area contributed by atoms with Gasteiger partial charge in [0.2, 0.25) is 0 Å². The highest BCUT2D eigenvalue weighted by Gasteiger charge is 2.27. The highest BCUT2D eigenvalue weighted by Crippen LogP contribution is 2.43. The van der Waals surface area contributed by atoms with Gasteiger partial charge in [-0.2, -0.15) is 0 Å². The first-order valence-electron chi connectivity index (χ1n) is 11.3. The molecule has 0 unspecified atom stereocenters. The number of ether oxygens (including phenoxy) is 4. The van der Waals surface area contributed by atoms with Crippen LogP contribution >= 0.6 is 0 Å². The van der Waals surface area contributed by atoms with Crippen LogP contribution in [-0.4, -0.2) is 25.9 Å². The molecule has 0 atom stereocenters. The number of nitrogens with one attached hydrogen (secondary N) is 1. The van der Waals surface area contributed by atoms with Gasteiger partial charge in [-0.25, -0.2) is 4.39 Å². The SMILES string of the molecule is COc1cc(F)ccc1-c1ccc2c(c1COc1ccc3c(c1)OCCO3)C(C)=CC(C)(C)N2. The number of hydrogen-bond acceptors (Lipinski definition) is 5. The Morgan fingerprint density at radius 3 is 2.53 bits per heavy atom. The van der Waals surface area contributed by atoms with Crippen LogP contribution in [-0.2, 0) is 6.61 Å². The van der Waals surface area contributed by atoms with Gasteiger partial charge in [0.15, 0.2) is 11.5 Å². The molecule has 2 heterocycles. The summed E-state index contributed by atoms with van der Waals surface area (Å²) < 4.78 is 37.1. The summed E-state index contributed by atoms with van der Waals surface area (Å²) in [7, 11) is 1.55. The highest BCUT2D eigenvalue weighted by molar-refractivity contribution is 5.88. The van der Waals surface area contributed by atoms with Gasteiger partial charge in [0.05, 0.1) is 12.6 Å². The van der Waals surface area contributed by atoms with E-state index < -0.39 is 0 Å². The fourth-order valence-electron chi connectivity index (χ4n) is 4.76. The lowest BCUT2D eigenvalue weighted by atomic mass is 9.85. The zero-order chi connectivity index (χ0) is 23.9. The highest BCUT2D eigenvalue weighted by atomic mass is 19.1. The van der Waals surface area contributed by atoms with Crippen molar-refractivity contribution in [1.82, 2.24) is 0 Å². The van der Waals surface area contributed by atoms with Gasteiger partial charge in [-0.15, -0.1) is 0 Å². The van der Waals surface area contributed by atoms with Crippen molar-refractivity contribution in [2.45, 2.75) is 32.9 Å². The van der Waals surface area contributed by atoms with Crippen molar-refractivity contribution in [3.8, 4) is 34.1 Å². The third-order valence-electron chi connectivity index (χ3n) is 6.09. The standard InChI is InChI=1S/C28H28FNO4/c1-17-15-28(2,3)30-23-9-8-20(21-7-5-18(29)13-25(21)31-4)22(27(17)23)16-34-19-6-10-24-26(14-19)33-12-11-32-24/h5-10,13-15,30H,11-12,16H2,1-4H3. The first-order valence-corrected chi connectivity index (χ1v) is 11.3. The molecule has 3 aromatic carbocycles. The fourth-order valence-corrected chi connectivity index (χ4v) is 4.76. The third kappa shape index (κ3) is 4.16. The number of benzene rings is 3. The molecule has 3 aromatic rings. The smallest absolute Gasteiger partial charge is 0.165 e. The maximum Gasteiger partial charge on any atom is 0.165 e. The van der Waals surface area contributed by atoms with Gasteiger partial charge in [0.25, 0.3) is 0 Å². The minimum absolute atomic E-state index is 0.167. The number of hydrogen-bond donors (Lipinski definition) is 1. The molecule has 0 spiro atoms. The summed E-state index contributed by atoms with van der Waals surface area (Å²) in [5, 5.41) is 3.60. The number of fused-ring (bicyclic) bond motifs is 2. The second-order valence-corrected chi connectivity index (χ2v) is 9.13. The summed E-state index contributed by atoms with van der Waals surface area (Å²) in [4.78, 5) is 0. The molecule has 0 saturated heterocycles. The van der Waals surface area contributed by atoms with Crippen LogP contribution in [0.1, 0.15) is 31.9 Å². The van der Waals surface area contributed by atoms with E-state index in [-0.39, 0.29) is 11.4 Å². The van der Waals surface area contributed by atoms with E-state index in [1.165, 1.54) is 12.1 Å². The van der Waals surface area contributed by atoms with E-state index in [1.54, 1.807) is 13.2 Å². The zero-order valence-corrected chi connectivity index (χ0v) is 19.8. The minimum Gasteiger partial charge on any atom is -0.496 e. The van der Waals surface area contributed by atoms with Crippen molar-refractivity contribution in [1.29, 1.82) is 0 Å². The van der Waals surface area contributed by atoms with E-state index in [0.717, 1.165) is 39.3 Å². The van der Waals surface area contributed by atoms with Gasteiger partial charge in [0.1, 0.15) is 37.1 Å². The summed E-state index contributed by atoms with van der Waals surface area (Å²) in [5.41, 5.74) is 5.85. The second kappa shape index (κ2) is 8.60. The first kappa shape index (κ1) is 22.1. The summed E-state index contributed by atoms with van der Waals surface area (Å²) in [6.07, 6.45) is 2.22. The van der Waals surface area contributed by atoms with Crippen LogP contribution in [0.2, 0.25) is 0 Å². The van der Waals surface area contributed by atoms with Crippen molar-refractivity contribution in [2.24, 2.45) is 0 Å². The molecule has 0 aliphatic carbocycles. The number of anilines is 1. The lowest BCUT2D eigenvalue weighted by molar-refractivity contribution is 0.170. The Hall–Kier alpha value is -3.67. The van der Waals surface area contributed by atoms with Gasteiger partial charge in [-0.05, 0) is 62.2 Å². The molecule has 0 aromatic heterocycles. The van der Waals surface area contributed by atoms with Gasteiger partial charge in [0, 0.05) is 34.5 Å². The zero-order valence-electron chi connectivity index (χ0n) is 19.8. The third-order valence-corrected chi connectivity index (χ3v) is 6.09. The van der Waals surface area contributed by atoms with Crippen LogP contribution in [0.25, 0.3) is 16.7 Å². The van der Waals surface area contributed by atoms with Crippen LogP contribution in [0.3, 0.4) is 0 Å². The molecular formula is C28H28FNO4. The molecule has 0 saturated carbocycles. The molecule has 6 heteroatoms. The Balaban J connectivity index is 1.59. The molecule has 0 amide bonds. The molecule has 176 valence electrons. The fraction of sp³-hybridized carbons (Fsp3) is 0.286. The Kier molecular flexibility index (Phi) is 5.60. The molecular weight excluding hydrogens is 433 g/mol. The maximum atomic E-state index is 13.9. The topological polar surface area (TPSA) is 49.0 Å². The first-order chi connectivity index (χ1) is 16.3. The van der Waals surface area contributed by atoms with E-state index in [1.807, 2.05) is 24.3 Å².